The molecule has 0 spiro atoms. The van der Waals surface area contributed by atoms with Crippen LogP contribution in [0.1, 0.15) is 23.6 Å². The van der Waals surface area contributed by atoms with Crippen LogP contribution in [0.2, 0.25) is 0 Å². The first-order valence-corrected chi connectivity index (χ1v) is 9.17. The van der Waals surface area contributed by atoms with Crippen LogP contribution in [0.3, 0.4) is 0 Å². The quantitative estimate of drug-likeness (QED) is 0.769. The third-order valence-corrected chi connectivity index (χ3v) is 5.80. The summed E-state index contributed by atoms with van der Waals surface area (Å²) in [4.78, 5) is 27.9. The Morgan fingerprint density at radius 1 is 0.852 bits per heavy atom. The molecule has 27 heavy (non-hydrogen) atoms. The molecule has 0 saturated carbocycles. The van der Waals surface area contributed by atoms with Crippen molar-refractivity contribution >= 4 is 17.5 Å². The molecule has 2 aromatic rings. The number of fused-ring (bicyclic) bond motifs is 3. The smallest absolute Gasteiger partial charge is 0.253 e. The zero-order valence-electron chi connectivity index (χ0n) is 14.7. The number of carbonyl (C=O) groups is 2. The predicted octanol–water partition coefficient (Wildman–Crippen LogP) is 2.09. The van der Waals surface area contributed by atoms with Crippen LogP contribution in [0.25, 0.3) is 0 Å². The molecule has 0 unspecified atom stereocenters. The molecule has 0 N–H and O–H groups in total. The van der Waals surface area contributed by atoms with E-state index >= 15 is 0 Å². The number of amides is 2. The van der Waals surface area contributed by atoms with Crippen molar-refractivity contribution in [3.63, 3.8) is 0 Å². The molecule has 6 heteroatoms. The maximum atomic E-state index is 13.4. The zero-order chi connectivity index (χ0) is 18.5. The van der Waals surface area contributed by atoms with Crippen molar-refractivity contribution in [2.75, 3.05) is 18.0 Å². The molecule has 2 amide bonds. The molecule has 3 heterocycles. The van der Waals surface area contributed by atoms with Crippen molar-refractivity contribution in [3.05, 3.63) is 65.7 Å². The number of rotatable bonds is 2. The van der Waals surface area contributed by atoms with Gasteiger partial charge in [-0.1, -0.05) is 30.3 Å². The summed E-state index contributed by atoms with van der Waals surface area (Å²) in [6, 6.07) is 18.1. The lowest BCUT2D eigenvalue weighted by molar-refractivity contribution is -0.126. The van der Waals surface area contributed by atoms with E-state index in [2.05, 4.69) is 16.1 Å². The van der Waals surface area contributed by atoms with E-state index in [0.29, 0.717) is 11.3 Å². The van der Waals surface area contributed by atoms with Crippen LogP contribution >= 0.6 is 0 Å². The van der Waals surface area contributed by atoms with Crippen molar-refractivity contribution in [2.45, 2.75) is 18.5 Å². The molecule has 3 saturated heterocycles. The molecule has 3 aliphatic heterocycles. The van der Waals surface area contributed by atoms with Gasteiger partial charge in [-0.2, -0.15) is 5.26 Å². The van der Waals surface area contributed by atoms with Gasteiger partial charge in [-0.05, 0) is 36.2 Å². The first-order valence-electron chi connectivity index (χ1n) is 9.17. The van der Waals surface area contributed by atoms with Gasteiger partial charge in [0.2, 0.25) is 5.91 Å². The lowest BCUT2D eigenvalue weighted by Crippen LogP contribution is -2.44. The minimum atomic E-state index is -0.444. The summed E-state index contributed by atoms with van der Waals surface area (Å²) in [5, 5.41) is 13.3. The summed E-state index contributed by atoms with van der Waals surface area (Å²) in [6.45, 7) is 1.66. The molecule has 0 aliphatic carbocycles. The standard InChI is InChI=1S/C21H18N4O2/c22-13-14-7-9-16(10-8-14)25-20(26)17-18(15-5-2-1-3-6-15)23-11-4-12-24(23)19(17)21(25)27/h1-3,5-10,17-19H,4,11-12H2/t17-,18+,19+/m1/s1. The predicted molar refractivity (Wildman–Crippen MR) is 98.1 cm³/mol. The van der Waals surface area contributed by atoms with Gasteiger partial charge in [0, 0.05) is 13.1 Å². The number of nitriles is 1. The topological polar surface area (TPSA) is 67.6 Å². The van der Waals surface area contributed by atoms with E-state index in [1.165, 1.54) is 4.90 Å². The van der Waals surface area contributed by atoms with Crippen molar-refractivity contribution in [3.8, 4) is 6.07 Å². The van der Waals surface area contributed by atoms with Crippen LogP contribution < -0.4 is 4.90 Å². The highest BCUT2D eigenvalue weighted by Gasteiger charge is 2.62. The van der Waals surface area contributed by atoms with E-state index < -0.39 is 12.0 Å². The molecule has 0 bridgehead atoms. The fourth-order valence-corrected chi connectivity index (χ4v) is 4.70. The Bertz CT molecular complexity index is 950. The summed E-state index contributed by atoms with van der Waals surface area (Å²) in [6.07, 6.45) is 0.991. The summed E-state index contributed by atoms with van der Waals surface area (Å²) in [7, 11) is 0. The lowest BCUT2D eigenvalue weighted by Gasteiger charge is -2.29. The van der Waals surface area contributed by atoms with Gasteiger partial charge in [-0.15, -0.1) is 0 Å². The highest BCUT2D eigenvalue weighted by Crippen LogP contribution is 2.48. The molecule has 0 aromatic heterocycles. The number of imide groups is 1. The van der Waals surface area contributed by atoms with Crippen LogP contribution in [-0.4, -0.2) is 41.0 Å². The number of hydrazine groups is 1. The van der Waals surface area contributed by atoms with Gasteiger partial charge in [-0.25, -0.2) is 14.9 Å². The Balaban J connectivity index is 1.57. The molecular formula is C21H18N4O2. The van der Waals surface area contributed by atoms with E-state index in [-0.39, 0.29) is 17.9 Å². The van der Waals surface area contributed by atoms with Crippen molar-refractivity contribution in [1.82, 2.24) is 10.0 Å². The molecule has 134 valence electrons. The monoisotopic (exact) mass is 358 g/mol. The number of anilines is 1. The van der Waals surface area contributed by atoms with E-state index in [0.717, 1.165) is 25.1 Å². The average Bonchev–Trinajstić information content (AvgIpc) is 3.35. The fraction of sp³-hybridized carbons (Fsp3) is 0.286. The number of carbonyl (C=O) groups excluding carboxylic acids is 2. The summed E-state index contributed by atoms with van der Waals surface area (Å²) < 4.78 is 0. The second-order valence-corrected chi connectivity index (χ2v) is 7.18. The van der Waals surface area contributed by atoms with Gasteiger partial charge in [0.05, 0.1) is 29.3 Å². The highest BCUT2D eigenvalue weighted by atomic mass is 16.2. The van der Waals surface area contributed by atoms with E-state index in [1.54, 1.807) is 24.3 Å². The number of nitrogens with zero attached hydrogens (tertiary/aromatic N) is 4. The van der Waals surface area contributed by atoms with Gasteiger partial charge in [0.1, 0.15) is 6.04 Å². The minimum absolute atomic E-state index is 0.112. The van der Waals surface area contributed by atoms with E-state index in [4.69, 9.17) is 5.26 Å². The normalized spacial score (nSPS) is 27.7. The summed E-state index contributed by atoms with van der Waals surface area (Å²) in [5.74, 6) is -0.728. The Morgan fingerprint density at radius 3 is 2.19 bits per heavy atom. The maximum Gasteiger partial charge on any atom is 0.253 e. The second-order valence-electron chi connectivity index (χ2n) is 7.18. The first kappa shape index (κ1) is 16.2. The van der Waals surface area contributed by atoms with E-state index in [1.807, 2.05) is 30.3 Å². The molecular weight excluding hydrogens is 340 g/mol. The number of hydrogen-bond acceptors (Lipinski definition) is 5. The van der Waals surface area contributed by atoms with Crippen LogP contribution in [-0.2, 0) is 9.59 Å². The summed E-state index contributed by atoms with van der Waals surface area (Å²) >= 11 is 0. The van der Waals surface area contributed by atoms with E-state index in [9.17, 15) is 9.59 Å². The third kappa shape index (κ3) is 2.26. The van der Waals surface area contributed by atoms with Crippen molar-refractivity contribution in [1.29, 1.82) is 5.26 Å². The van der Waals surface area contributed by atoms with Crippen LogP contribution in [0, 0.1) is 17.2 Å². The molecule has 0 radical (unpaired) electrons. The molecule has 6 nitrogen and oxygen atoms in total. The largest absolute Gasteiger partial charge is 0.274 e. The van der Waals surface area contributed by atoms with Crippen LogP contribution in [0.4, 0.5) is 5.69 Å². The Labute approximate surface area is 157 Å². The first-order chi connectivity index (χ1) is 13.2. The third-order valence-electron chi connectivity index (χ3n) is 5.80. The molecule has 3 fully saturated rings. The molecule has 2 aromatic carbocycles. The molecule has 5 rings (SSSR count). The zero-order valence-corrected chi connectivity index (χ0v) is 14.7. The fourth-order valence-electron chi connectivity index (χ4n) is 4.70. The number of hydrogen-bond donors (Lipinski definition) is 0. The Hall–Kier alpha value is -3.01. The minimum Gasteiger partial charge on any atom is -0.274 e. The van der Waals surface area contributed by atoms with Gasteiger partial charge < -0.3 is 0 Å². The second kappa shape index (κ2) is 6.02. The van der Waals surface area contributed by atoms with Crippen LogP contribution in [0.15, 0.2) is 54.6 Å². The van der Waals surface area contributed by atoms with Gasteiger partial charge in [-0.3, -0.25) is 9.59 Å². The van der Waals surface area contributed by atoms with Gasteiger partial charge in [0.25, 0.3) is 5.91 Å². The molecule has 3 atom stereocenters. The number of benzene rings is 2. The summed E-state index contributed by atoms with van der Waals surface area (Å²) in [5.41, 5.74) is 2.11. The lowest BCUT2D eigenvalue weighted by atomic mass is 9.90. The SMILES string of the molecule is N#Cc1ccc(N2C(=O)[C@H]3[C@@H](C2=O)N2CCCN2[C@H]3c2ccccc2)cc1. The van der Waals surface area contributed by atoms with Crippen LogP contribution in [0.5, 0.6) is 0 Å². The van der Waals surface area contributed by atoms with Crippen molar-refractivity contribution in [2.24, 2.45) is 5.92 Å². The van der Waals surface area contributed by atoms with Gasteiger partial charge in [0.15, 0.2) is 0 Å². The Morgan fingerprint density at radius 2 is 1.52 bits per heavy atom. The highest BCUT2D eigenvalue weighted by molar-refractivity contribution is 6.24. The maximum absolute atomic E-state index is 13.4. The average molecular weight is 358 g/mol. The van der Waals surface area contributed by atoms with Gasteiger partial charge >= 0.3 is 0 Å². The molecule has 3 aliphatic rings. The van der Waals surface area contributed by atoms with Crippen molar-refractivity contribution < 1.29 is 9.59 Å². The Kier molecular flexibility index (Phi) is 3.61.